The Morgan fingerprint density at radius 2 is 2.15 bits per heavy atom. The molecule has 1 nitrogen and oxygen atoms in total. The molecule has 1 saturated carbocycles. The maximum atomic E-state index is 3.64. The highest BCUT2D eigenvalue weighted by atomic mass is 32.2. The second-order valence-electron chi connectivity index (χ2n) is 3.83. The lowest BCUT2D eigenvalue weighted by Crippen LogP contribution is -2.29. The molecule has 2 atom stereocenters. The first-order valence-corrected chi connectivity index (χ1v) is 5.84. The third-order valence-electron chi connectivity index (χ3n) is 2.96. The van der Waals surface area contributed by atoms with Crippen molar-refractivity contribution in [1.82, 2.24) is 0 Å². The summed E-state index contributed by atoms with van der Waals surface area (Å²) in [5.41, 5.74) is 1.34. The van der Waals surface area contributed by atoms with Crippen LogP contribution in [0.1, 0.15) is 19.3 Å². The zero-order valence-electron chi connectivity index (χ0n) is 7.49. The minimum atomic E-state index is 0.736. The summed E-state index contributed by atoms with van der Waals surface area (Å²) in [6, 6.07) is 9.39. The van der Waals surface area contributed by atoms with E-state index in [9.17, 15) is 0 Å². The number of rotatable bonds is 0. The molecule has 2 aliphatic rings. The third kappa shape index (κ3) is 1.24. The van der Waals surface area contributed by atoms with Crippen LogP contribution in [0.5, 0.6) is 0 Å². The van der Waals surface area contributed by atoms with E-state index in [-0.39, 0.29) is 0 Å². The van der Waals surface area contributed by atoms with Gasteiger partial charge in [-0.25, -0.2) is 0 Å². The van der Waals surface area contributed by atoms with Gasteiger partial charge in [-0.05, 0) is 25.0 Å². The van der Waals surface area contributed by atoms with Crippen LogP contribution in [0, 0.1) is 0 Å². The Hall–Kier alpha value is -0.630. The Labute approximate surface area is 82.9 Å². The SMILES string of the molecule is c1ccc2c(c1)NC1CCCC1S2. The molecule has 13 heavy (non-hydrogen) atoms. The number of hydrogen-bond donors (Lipinski definition) is 1. The van der Waals surface area contributed by atoms with E-state index in [1.807, 2.05) is 0 Å². The van der Waals surface area contributed by atoms with Gasteiger partial charge in [-0.3, -0.25) is 0 Å². The predicted molar refractivity (Wildman–Crippen MR) is 57.3 cm³/mol. The van der Waals surface area contributed by atoms with Crippen molar-refractivity contribution >= 4 is 17.4 Å². The van der Waals surface area contributed by atoms with Crippen molar-refractivity contribution in [3.63, 3.8) is 0 Å². The first-order valence-electron chi connectivity index (χ1n) is 4.96. The molecule has 1 fully saturated rings. The highest BCUT2D eigenvalue weighted by Crippen LogP contribution is 2.43. The third-order valence-corrected chi connectivity index (χ3v) is 4.44. The van der Waals surface area contributed by atoms with Crippen LogP contribution >= 0.6 is 11.8 Å². The van der Waals surface area contributed by atoms with E-state index in [1.54, 1.807) is 0 Å². The lowest BCUT2D eigenvalue weighted by Gasteiger charge is -2.28. The van der Waals surface area contributed by atoms with Gasteiger partial charge in [-0.2, -0.15) is 0 Å². The zero-order valence-corrected chi connectivity index (χ0v) is 8.31. The molecule has 3 rings (SSSR count). The van der Waals surface area contributed by atoms with Gasteiger partial charge in [-0.15, -0.1) is 11.8 Å². The summed E-state index contributed by atoms with van der Waals surface area (Å²) in [5.74, 6) is 0. The van der Waals surface area contributed by atoms with Crippen molar-refractivity contribution in [2.75, 3.05) is 5.32 Å². The highest BCUT2D eigenvalue weighted by Gasteiger charge is 2.32. The molecule has 0 amide bonds. The normalized spacial score (nSPS) is 30.5. The van der Waals surface area contributed by atoms with Crippen LogP contribution in [-0.2, 0) is 0 Å². The Balaban J connectivity index is 1.97. The fourth-order valence-corrected chi connectivity index (χ4v) is 3.67. The van der Waals surface area contributed by atoms with Crippen molar-refractivity contribution in [1.29, 1.82) is 0 Å². The van der Waals surface area contributed by atoms with Crippen LogP contribution in [0.25, 0.3) is 0 Å². The van der Waals surface area contributed by atoms with Crippen molar-refractivity contribution in [2.24, 2.45) is 0 Å². The van der Waals surface area contributed by atoms with Gasteiger partial charge in [0.15, 0.2) is 0 Å². The van der Waals surface area contributed by atoms with E-state index in [1.165, 1.54) is 29.8 Å². The lowest BCUT2D eigenvalue weighted by molar-refractivity contribution is 0.756. The zero-order chi connectivity index (χ0) is 8.67. The maximum absolute atomic E-state index is 3.64. The van der Waals surface area contributed by atoms with E-state index in [0.29, 0.717) is 0 Å². The molecule has 2 unspecified atom stereocenters. The van der Waals surface area contributed by atoms with Gasteiger partial charge in [-0.1, -0.05) is 18.6 Å². The van der Waals surface area contributed by atoms with Gasteiger partial charge in [0.2, 0.25) is 0 Å². The maximum Gasteiger partial charge on any atom is 0.0481 e. The summed E-state index contributed by atoms with van der Waals surface area (Å²) in [6.07, 6.45) is 4.13. The van der Waals surface area contributed by atoms with Gasteiger partial charge < -0.3 is 5.32 Å². The molecule has 0 bridgehead atoms. The molecule has 0 radical (unpaired) electrons. The molecule has 1 aromatic rings. The van der Waals surface area contributed by atoms with Crippen LogP contribution < -0.4 is 5.32 Å². The Morgan fingerprint density at radius 3 is 3.15 bits per heavy atom. The van der Waals surface area contributed by atoms with E-state index >= 15 is 0 Å². The second-order valence-corrected chi connectivity index (χ2v) is 5.12. The standard InChI is InChI=1S/C11H13NS/c1-2-6-10-8(4-1)12-9-5-3-7-11(9)13-10/h1-2,4,6,9,11-12H,3,5,7H2. The lowest BCUT2D eigenvalue weighted by atomic mass is 10.2. The number of hydrogen-bond acceptors (Lipinski definition) is 2. The largest absolute Gasteiger partial charge is 0.380 e. The topological polar surface area (TPSA) is 12.0 Å². The molecular weight excluding hydrogens is 178 g/mol. The fraction of sp³-hybridized carbons (Fsp3) is 0.455. The fourth-order valence-electron chi connectivity index (χ4n) is 2.28. The molecular formula is C11H13NS. The van der Waals surface area contributed by atoms with Gasteiger partial charge in [0.25, 0.3) is 0 Å². The van der Waals surface area contributed by atoms with E-state index in [2.05, 4.69) is 41.3 Å². The molecule has 68 valence electrons. The quantitative estimate of drug-likeness (QED) is 0.676. The van der Waals surface area contributed by atoms with Crippen LogP contribution in [-0.4, -0.2) is 11.3 Å². The number of fused-ring (bicyclic) bond motifs is 2. The van der Waals surface area contributed by atoms with Crippen molar-refractivity contribution in [3.8, 4) is 0 Å². The van der Waals surface area contributed by atoms with Gasteiger partial charge in [0, 0.05) is 21.9 Å². The summed E-state index contributed by atoms with van der Waals surface area (Å²) in [5, 5.41) is 4.47. The van der Waals surface area contributed by atoms with Crippen molar-refractivity contribution < 1.29 is 0 Å². The van der Waals surface area contributed by atoms with Crippen LogP contribution in [0.2, 0.25) is 0 Å². The molecule has 2 heteroatoms. The number of nitrogens with one attached hydrogen (secondary N) is 1. The molecule has 0 saturated heterocycles. The van der Waals surface area contributed by atoms with Crippen LogP contribution in [0.15, 0.2) is 29.2 Å². The number of para-hydroxylation sites is 1. The Kier molecular flexibility index (Phi) is 1.76. The first-order chi connectivity index (χ1) is 6.43. The van der Waals surface area contributed by atoms with Gasteiger partial charge in [0.1, 0.15) is 0 Å². The molecule has 1 heterocycles. The summed E-state index contributed by atoms with van der Waals surface area (Å²) >= 11 is 2.07. The molecule has 1 aromatic carbocycles. The average Bonchev–Trinajstić information content (AvgIpc) is 2.61. The molecule has 0 spiro atoms. The van der Waals surface area contributed by atoms with Crippen molar-refractivity contribution in [3.05, 3.63) is 24.3 Å². The van der Waals surface area contributed by atoms with Gasteiger partial charge >= 0.3 is 0 Å². The smallest absolute Gasteiger partial charge is 0.0481 e. The minimum Gasteiger partial charge on any atom is -0.380 e. The molecule has 1 N–H and O–H groups in total. The predicted octanol–water partition coefficient (Wildman–Crippen LogP) is 3.13. The Bertz CT molecular complexity index is 293. The number of benzene rings is 1. The minimum absolute atomic E-state index is 0.736. The monoisotopic (exact) mass is 191 g/mol. The number of anilines is 1. The second kappa shape index (κ2) is 2.95. The van der Waals surface area contributed by atoms with Crippen molar-refractivity contribution in [2.45, 2.75) is 35.4 Å². The van der Waals surface area contributed by atoms with E-state index in [0.717, 1.165) is 11.3 Å². The molecule has 1 aliphatic heterocycles. The molecule has 0 aromatic heterocycles. The summed E-state index contributed by atoms with van der Waals surface area (Å²) in [6.45, 7) is 0. The summed E-state index contributed by atoms with van der Waals surface area (Å²) in [7, 11) is 0. The summed E-state index contributed by atoms with van der Waals surface area (Å²) in [4.78, 5) is 1.44. The van der Waals surface area contributed by atoms with E-state index in [4.69, 9.17) is 0 Å². The summed E-state index contributed by atoms with van der Waals surface area (Å²) < 4.78 is 0. The van der Waals surface area contributed by atoms with Crippen LogP contribution in [0.3, 0.4) is 0 Å². The number of thioether (sulfide) groups is 1. The van der Waals surface area contributed by atoms with E-state index < -0.39 is 0 Å². The average molecular weight is 191 g/mol. The first kappa shape index (κ1) is 7.74. The Morgan fingerprint density at radius 1 is 1.23 bits per heavy atom. The van der Waals surface area contributed by atoms with Crippen LogP contribution in [0.4, 0.5) is 5.69 Å². The van der Waals surface area contributed by atoms with Gasteiger partial charge in [0.05, 0.1) is 0 Å². The highest BCUT2D eigenvalue weighted by molar-refractivity contribution is 8.00. The molecule has 1 aliphatic carbocycles.